The van der Waals surface area contributed by atoms with E-state index in [-0.39, 0.29) is 34.7 Å². The maximum atomic E-state index is 13.9. The van der Waals surface area contributed by atoms with E-state index in [4.69, 9.17) is 22.0 Å². The number of nitrogens with one attached hydrogen (secondary N) is 1. The molecular formula is C12H8ClF2N3O2. The number of nitrogens with zero attached hydrogens (tertiary/aromatic N) is 2. The number of nitriles is 1. The molecule has 0 atom stereocenters. The van der Waals surface area contributed by atoms with Gasteiger partial charge >= 0.3 is 6.09 Å². The second kappa shape index (κ2) is 5.35. The molecule has 5 nitrogen and oxygen atoms in total. The van der Waals surface area contributed by atoms with Gasteiger partial charge in [0.1, 0.15) is 11.8 Å². The van der Waals surface area contributed by atoms with Gasteiger partial charge in [0.25, 0.3) is 0 Å². The number of amides is 1. The van der Waals surface area contributed by atoms with Crippen LogP contribution < -0.4 is 5.32 Å². The molecule has 1 aromatic carbocycles. The average Bonchev–Trinajstić information content (AvgIpc) is 2.75. The summed E-state index contributed by atoms with van der Waals surface area (Å²) in [5.74, 6) is -2.25. The van der Waals surface area contributed by atoms with Crippen molar-refractivity contribution in [3.63, 3.8) is 0 Å². The Kier molecular flexibility index (Phi) is 3.77. The van der Waals surface area contributed by atoms with Gasteiger partial charge in [-0.3, -0.25) is 0 Å². The summed E-state index contributed by atoms with van der Waals surface area (Å²) in [7, 11) is 0. The third-order valence-corrected chi connectivity index (χ3v) is 3.06. The van der Waals surface area contributed by atoms with Crippen molar-refractivity contribution in [2.75, 3.05) is 6.54 Å². The molecule has 0 aliphatic carbocycles. The molecule has 2 rings (SSSR count). The van der Waals surface area contributed by atoms with Gasteiger partial charge in [0.2, 0.25) is 0 Å². The lowest BCUT2D eigenvalue weighted by atomic mass is 10.2. The van der Waals surface area contributed by atoms with Crippen molar-refractivity contribution in [1.82, 2.24) is 9.88 Å². The van der Waals surface area contributed by atoms with Crippen LogP contribution in [-0.4, -0.2) is 22.3 Å². The molecular weight excluding hydrogens is 292 g/mol. The lowest BCUT2D eigenvalue weighted by Crippen LogP contribution is -2.25. The van der Waals surface area contributed by atoms with Gasteiger partial charge < -0.3 is 15.0 Å². The molecule has 104 valence electrons. The lowest BCUT2D eigenvalue weighted by Gasteiger charge is -2.08. The average molecular weight is 300 g/mol. The molecule has 0 saturated carbocycles. The van der Waals surface area contributed by atoms with Crippen LogP contribution in [0.25, 0.3) is 10.9 Å². The van der Waals surface area contributed by atoms with E-state index in [1.54, 1.807) is 0 Å². The first-order valence-electron chi connectivity index (χ1n) is 5.49. The van der Waals surface area contributed by atoms with Crippen LogP contribution in [0.3, 0.4) is 0 Å². The number of hydrogen-bond donors (Lipinski definition) is 2. The molecule has 0 bridgehead atoms. The van der Waals surface area contributed by atoms with Gasteiger partial charge in [0, 0.05) is 18.5 Å². The zero-order chi connectivity index (χ0) is 14.9. The zero-order valence-corrected chi connectivity index (χ0v) is 10.7. The molecule has 0 fully saturated rings. The van der Waals surface area contributed by atoms with Gasteiger partial charge in [0.05, 0.1) is 10.5 Å². The van der Waals surface area contributed by atoms with Crippen molar-refractivity contribution in [3.05, 3.63) is 34.5 Å². The minimum Gasteiger partial charge on any atom is -0.465 e. The Morgan fingerprint density at radius 2 is 2.20 bits per heavy atom. The number of aromatic nitrogens is 1. The molecule has 1 heterocycles. The minimum absolute atomic E-state index is 0.0136. The van der Waals surface area contributed by atoms with Crippen LogP contribution in [0, 0.1) is 23.0 Å². The third kappa shape index (κ3) is 2.38. The van der Waals surface area contributed by atoms with Crippen LogP contribution in [0.5, 0.6) is 0 Å². The van der Waals surface area contributed by atoms with E-state index in [1.165, 1.54) is 10.6 Å². The topological polar surface area (TPSA) is 78.0 Å². The summed E-state index contributed by atoms with van der Waals surface area (Å²) in [4.78, 5) is 10.4. The van der Waals surface area contributed by atoms with E-state index in [0.717, 1.165) is 6.07 Å². The van der Waals surface area contributed by atoms with Crippen LogP contribution in [0.2, 0.25) is 5.02 Å². The molecule has 0 unspecified atom stereocenters. The fourth-order valence-electron chi connectivity index (χ4n) is 1.93. The first kappa shape index (κ1) is 14.1. The monoisotopic (exact) mass is 299 g/mol. The number of benzene rings is 1. The van der Waals surface area contributed by atoms with E-state index in [0.29, 0.717) is 0 Å². The van der Waals surface area contributed by atoms with Crippen molar-refractivity contribution in [1.29, 1.82) is 5.26 Å². The van der Waals surface area contributed by atoms with E-state index in [1.807, 2.05) is 6.07 Å². The summed E-state index contributed by atoms with van der Waals surface area (Å²) in [6.45, 7) is -0.0727. The highest BCUT2D eigenvalue weighted by Gasteiger charge is 2.18. The zero-order valence-electron chi connectivity index (χ0n) is 9.95. The van der Waals surface area contributed by atoms with Crippen molar-refractivity contribution in [3.8, 4) is 6.07 Å². The summed E-state index contributed by atoms with van der Waals surface area (Å²) >= 11 is 5.82. The summed E-state index contributed by atoms with van der Waals surface area (Å²) in [6, 6.07) is 4.00. The quantitative estimate of drug-likeness (QED) is 0.855. The largest absolute Gasteiger partial charge is 0.465 e. The van der Waals surface area contributed by atoms with Crippen LogP contribution in [0.15, 0.2) is 12.1 Å². The van der Waals surface area contributed by atoms with E-state index in [9.17, 15) is 13.6 Å². The van der Waals surface area contributed by atoms with Crippen LogP contribution >= 0.6 is 11.6 Å². The maximum Gasteiger partial charge on any atom is 0.404 e. The Morgan fingerprint density at radius 3 is 2.80 bits per heavy atom. The third-order valence-electron chi connectivity index (χ3n) is 2.75. The Bertz CT molecular complexity index is 737. The van der Waals surface area contributed by atoms with Gasteiger partial charge in [-0.05, 0) is 12.1 Å². The number of halogens is 3. The molecule has 2 N–H and O–H groups in total. The molecule has 1 amide bonds. The Labute approximate surface area is 117 Å². The minimum atomic E-state index is -1.25. The van der Waals surface area contributed by atoms with Gasteiger partial charge in [-0.25, -0.2) is 13.6 Å². The molecule has 20 heavy (non-hydrogen) atoms. The summed E-state index contributed by atoms with van der Waals surface area (Å²) in [5.41, 5.74) is -0.0858. The number of hydrogen-bond acceptors (Lipinski definition) is 2. The Morgan fingerprint density at radius 1 is 1.50 bits per heavy atom. The highest BCUT2D eigenvalue weighted by atomic mass is 35.5. The molecule has 0 radical (unpaired) electrons. The number of carbonyl (C=O) groups is 1. The molecule has 0 spiro atoms. The van der Waals surface area contributed by atoms with Crippen molar-refractivity contribution >= 4 is 28.6 Å². The number of fused-ring (bicyclic) bond motifs is 1. The maximum absolute atomic E-state index is 13.9. The molecule has 1 aromatic heterocycles. The van der Waals surface area contributed by atoms with Crippen molar-refractivity contribution in [2.24, 2.45) is 0 Å². The smallest absolute Gasteiger partial charge is 0.404 e. The predicted molar refractivity (Wildman–Crippen MR) is 67.6 cm³/mol. The molecule has 2 aromatic rings. The van der Waals surface area contributed by atoms with Crippen LogP contribution in [0.1, 0.15) is 5.69 Å². The van der Waals surface area contributed by atoms with Crippen molar-refractivity contribution in [2.45, 2.75) is 6.54 Å². The Balaban J connectivity index is 2.56. The summed E-state index contributed by atoms with van der Waals surface area (Å²) < 4.78 is 28.5. The normalized spacial score (nSPS) is 10.5. The highest BCUT2D eigenvalue weighted by Crippen LogP contribution is 2.30. The predicted octanol–water partition coefficient (Wildman–Crippen LogP) is 2.71. The highest BCUT2D eigenvalue weighted by molar-refractivity contribution is 6.35. The standard InChI is InChI=1S/C12H8ClF2N3O2/c13-8-4-9(14)10(15)11-7(8)3-6(5-16)18(11)2-1-17-12(19)20/h3-4,17H,1-2H2,(H,19,20). The van der Waals surface area contributed by atoms with E-state index >= 15 is 0 Å². The number of rotatable bonds is 3. The van der Waals surface area contributed by atoms with Crippen molar-refractivity contribution < 1.29 is 18.7 Å². The number of carboxylic acid groups (broad SMARTS) is 1. The molecule has 0 aliphatic rings. The van der Waals surface area contributed by atoms with E-state index in [2.05, 4.69) is 5.32 Å². The van der Waals surface area contributed by atoms with Crippen LogP contribution in [0.4, 0.5) is 13.6 Å². The first-order chi connectivity index (χ1) is 9.45. The second-order valence-electron chi connectivity index (χ2n) is 3.94. The van der Waals surface area contributed by atoms with Gasteiger partial charge in [0.15, 0.2) is 11.6 Å². The lowest BCUT2D eigenvalue weighted by molar-refractivity contribution is 0.194. The van der Waals surface area contributed by atoms with Gasteiger partial charge in [-0.15, -0.1) is 0 Å². The van der Waals surface area contributed by atoms with Crippen LogP contribution in [-0.2, 0) is 6.54 Å². The van der Waals surface area contributed by atoms with Gasteiger partial charge in [-0.2, -0.15) is 5.26 Å². The fraction of sp³-hybridized carbons (Fsp3) is 0.167. The molecule has 0 saturated heterocycles. The fourth-order valence-corrected chi connectivity index (χ4v) is 2.17. The second-order valence-corrected chi connectivity index (χ2v) is 4.35. The first-order valence-corrected chi connectivity index (χ1v) is 5.87. The SMILES string of the molecule is N#Cc1cc2c(Cl)cc(F)c(F)c2n1CCNC(=O)O. The van der Waals surface area contributed by atoms with Gasteiger partial charge in [-0.1, -0.05) is 11.6 Å². The molecule has 8 heteroatoms. The summed E-state index contributed by atoms with van der Waals surface area (Å²) in [6.07, 6.45) is -1.25. The molecule has 0 aliphatic heterocycles. The van der Waals surface area contributed by atoms with E-state index < -0.39 is 17.7 Å². The Hall–Kier alpha value is -2.33. The summed E-state index contributed by atoms with van der Waals surface area (Å²) in [5, 5.41) is 19.8.